The number of thioether (sulfide) groups is 1. The average Bonchev–Trinajstić information content (AvgIpc) is 2.93. The van der Waals surface area contributed by atoms with Gasteiger partial charge in [-0.05, 0) is 32.0 Å². The summed E-state index contributed by atoms with van der Waals surface area (Å²) >= 11 is 7.54. The molecule has 1 fully saturated rings. The van der Waals surface area contributed by atoms with E-state index in [1.54, 1.807) is 7.11 Å². The lowest BCUT2D eigenvalue weighted by molar-refractivity contribution is -0.140. The van der Waals surface area contributed by atoms with Gasteiger partial charge in [-0.2, -0.15) is 0 Å². The zero-order valence-corrected chi connectivity index (χ0v) is 16.8. The van der Waals surface area contributed by atoms with Crippen LogP contribution in [0, 0.1) is 0 Å². The molecule has 3 rings (SSSR count). The molecule has 1 aromatic carbocycles. The van der Waals surface area contributed by atoms with E-state index in [0.717, 1.165) is 16.2 Å². The van der Waals surface area contributed by atoms with Gasteiger partial charge in [0.05, 0.1) is 35.6 Å². The van der Waals surface area contributed by atoms with Crippen molar-refractivity contribution in [2.24, 2.45) is 0 Å². The number of nitrogens with zero attached hydrogens (tertiary/aromatic N) is 3. The van der Waals surface area contributed by atoms with E-state index in [9.17, 15) is 4.79 Å². The molecule has 0 spiro atoms. The number of carbonyl (C=O) groups excluding carboxylic acids is 1. The van der Waals surface area contributed by atoms with Crippen LogP contribution in [-0.4, -0.2) is 65.1 Å². The first-order valence-electron chi connectivity index (χ1n) is 8.68. The Morgan fingerprint density at radius 1 is 1.38 bits per heavy atom. The second-order valence-electron chi connectivity index (χ2n) is 6.52. The second-order valence-corrected chi connectivity index (χ2v) is 7.90. The fraction of sp³-hybridized carbons (Fsp3) is 0.556. The molecule has 2 aromatic rings. The molecular formula is C18H24ClN3O3S. The summed E-state index contributed by atoms with van der Waals surface area (Å²) in [4.78, 5) is 19.2. The van der Waals surface area contributed by atoms with Crippen molar-refractivity contribution in [1.82, 2.24) is 14.5 Å². The van der Waals surface area contributed by atoms with Crippen LogP contribution in [0.3, 0.4) is 0 Å². The van der Waals surface area contributed by atoms with Gasteiger partial charge in [0.1, 0.15) is 0 Å². The quantitative estimate of drug-likeness (QED) is 0.701. The number of aromatic nitrogens is 2. The number of rotatable bonds is 6. The monoisotopic (exact) mass is 397 g/mol. The van der Waals surface area contributed by atoms with E-state index in [1.807, 2.05) is 36.9 Å². The molecule has 1 amide bonds. The summed E-state index contributed by atoms with van der Waals surface area (Å²) in [6.45, 7) is 6.53. The number of halogens is 1. The zero-order chi connectivity index (χ0) is 18.7. The summed E-state index contributed by atoms with van der Waals surface area (Å²) in [5, 5.41) is 1.46. The van der Waals surface area contributed by atoms with Crippen molar-refractivity contribution in [3.8, 4) is 0 Å². The third kappa shape index (κ3) is 4.52. The minimum absolute atomic E-state index is 0.0705. The van der Waals surface area contributed by atoms with E-state index in [1.165, 1.54) is 11.8 Å². The van der Waals surface area contributed by atoms with Crippen LogP contribution < -0.4 is 0 Å². The summed E-state index contributed by atoms with van der Waals surface area (Å²) < 4.78 is 13.0. The highest BCUT2D eigenvalue weighted by atomic mass is 35.5. The molecule has 2 heterocycles. The van der Waals surface area contributed by atoms with Gasteiger partial charge < -0.3 is 18.9 Å². The lowest BCUT2D eigenvalue weighted by Gasteiger charge is -2.35. The third-order valence-corrected chi connectivity index (χ3v) is 5.49. The maximum atomic E-state index is 12.6. The molecule has 1 aromatic heterocycles. The number of morpholine rings is 1. The normalized spacial score (nSPS) is 20.7. The van der Waals surface area contributed by atoms with E-state index in [4.69, 9.17) is 21.1 Å². The van der Waals surface area contributed by atoms with Crippen molar-refractivity contribution in [2.75, 3.05) is 32.6 Å². The highest BCUT2D eigenvalue weighted by Crippen LogP contribution is 2.27. The van der Waals surface area contributed by atoms with E-state index in [2.05, 4.69) is 9.55 Å². The number of carbonyl (C=O) groups is 1. The van der Waals surface area contributed by atoms with Crippen molar-refractivity contribution in [1.29, 1.82) is 0 Å². The Labute approximate surface area is 162 Å². The highest BCUT2D eigenvalue weighted by Gasteiger charge is 2.26. The molecule has 0 saturated carbocycles. The Hall–Kier alpha value is -1.28. The Morgan fingerprint density at radius 2 is 2.12 bits per heavy atom. The lowest BCUT2D eigenvalue weighted by atomic mass is 10.2. The number of fused-ring (bicyclic) bond motifs is 1. The molecule has 0 radical (unpaired) electrons. The maximum Gasteiger partial charge on any atom is 0.233 e. The number of methoxy groups -OCH3 is 1. The third-order valence-electron chi connectivity index (χ3n) is 4.29. The second kappa shape index (κ2) is 8.61. The average molecular weight is 398 g/mol. The smallest absolute Gasteiger partial charge is 0.233 e. The van der Waals surface area contributed by atoms with Crippen molar-refractivity contribution in [3.05, 3.63) is 23.2 Å². The Morgan fingerprint density at radius 3 is 2.81 bits per heavy atom. The van der Waals surface area contributed by atoms with Gasteiger partial charge in [-0.25, -0.2) is 4.98 Å². The lowest BCUT2D eigenvalue weighted by Crippen LogP contribution is -2.48. The molecule has 2 unspecified atom stereocenters. The van der Waals surface area contributed by atoms with Gasteiger partial charge in [0.2, 0.25) is 5.91 Å². The van der Waals surface area contributed by atoms with Crippen LogP contribution in [0.25, 0.3) is 11.0 Å². The SMILES string of the molecule is COCCn1c(SCC(=O)N2CC(C)OC(C)C2)nc2cc(Cl)ccc21. The maximum absolute atomic E-state index is 12.6. The van der Waals surface area contributed by atoms with E-state index < -0.39 is 0 Å². The number of amides is 1. The molecule has 6 nitrogen and oxygen atoms in total. The van der Waals surface area contributed by atoms with Gasteiger partial charge in [-0.1, -0.05) is 23.4 Å². The molecule has 142 valence electrons. The van der Waals surface area contributed by atoms with Crippen molar-refractivity contribution in [3.63, 3.8) is 0 Å². The number of hydrogen-bond donors (Lipinski definition) is 0. The molecule has 2 atom stereocenters. The Balaban J connectivity index is 1.74. The number of hydrogen-bond acceptors (Lipinski definition) is 5. The standard InChI is InChI=1S/C18H24ClN3O3S/c1-12-9-21(10-13(2)25-12)17(23)11-26-18-20-15-8-14(19)4-5-16(15)22(18)6-7-24-3/h4-5,8,12-13H,6-7,9-11H2,1-3H3. The molecule has 0 bridgehead atoms. The molecular weight excluding hydrogens is 374 g/mol. The van der Waals surface area contributed by atoms with Gasteiger partial charge in [0.15, 0.2) is 5.16 Å². The first-order valence-corrected chi connectivity index (χ1v) is 10.0. The number of imidazole rings is 1. The van der Waals surface area contributed by atoms with Crippen molar-refractivity contribution in [2.45, 2.75) is 37.8 Å². The van der Waals surface area contributed by atoms with Gasteiger partial charge in [-0.3, -0.25) is 4.79 Å². The van der Waals surface area contributed by atoms with Gasteiger partial charge in [0, 0.05) is 31.8 Å². The molecule has 1 saturated heterocycles. The summed E-state index contributed by atoms with van der Waals surface area (Å²) in [5.74, 6) is 0.462. The Kier molecular flexibility index (Phi) is 6.45. The van der Waals surface area contributed by atoms with Gasteiger partial charge in [0.25, 0.3) is 0 Å². The summed E-state index contributed by atoms with van der Waals surface area (Å²) in [6, 6.07) is 5.65. The molecule has 0 aliphatic carbocycles. The van der Waals surface area contributed by atoms with Crippen LogP contribution >= 0.6 is 23.4 Å². The van der Waals surface area contributed by atoms with Crippen LogP contribution in [-0.2, 0) is 20.8 Å². The van der Waals surface area contributed by atoms with Crippen LogP contribution in [0.2, 0.25) is 5.02 Å². The molecule has 1 aliphatic heterocycles. The fourth-order valence-corrected chi connectivity index (χ4v) is 4.30. The summed E-state index contributed by atoms with van der Waals surface area (Å²) in [7, 11) is 1.67. The van der Waals surface area contributed by atoms with E-state index >= 15 is 0 Å². The summed E-state index contributed by atoms with van der Waals surface area (Å²) in [5.41, 5.74) is 1.83. The van der Waals surface area contributed by atoms with Crippen LogP contribution in [0.1, 0.15) is 13.8 Å². The van der Waals surface area contributed by atoms with Gasteiger partial charge >= 0.3 is 0 Å². The first-order chi connectivity index (χ1) is 12.5. The minimum Gasteiger partial charge on any atom is -0.383 e. The fourth-order valence-electron chi connectivity index (χ4n) is 3.19. The predicted molar refractivity (Wildman–Crippen MR) is 104 cm³/mol. The first kappa shape index (κ1) is 19.5. The van der Waals surface area contributed by atoms with E-state index in [-0.39, 0.29) is 18.1 Å². The summed E-state index contributed by atoms with van der Waals surface area (Å²) in [6.07, 6.45) is 0.141. The number of benzene rings is 1. The van der Waals surface area contributed by atoms with Crippen LogP contribution in [0.5, 0.6) is 0 Å². The van der Waals surface area contributed by atoms with Crippen molar-refractivity contribution >= 4 is 40.3 Å². The largest absolute Gasteiger partial charge is 0.383 e. The predicted octanol–water partition coefficient (Wildman–Crippen LogP) is 3.06. The number of ether oxygens (including phenoxy) is 2. The van der Waals surface area contributed by atoms with Crippen LogP contribution in [0.15, 0.2) is 23.4 Å². The zero-order valence-electron chi connectivity index (χ0n) is 15.3. The minimum atomic E-state index is 0.0705. The Bertz CT molecular complexity index is 772. The van der Waals surface area contributed by atoms with Gasteiger partial charge in [-0.15, -0.1) is 0 Å². The molecule has 0 N–H and O–H groups in total. The highest BCUT2D eigenvalue weighted by molar-refractivity contribution is 7.99. The molecule has 26 heavy (non-hydrogen) atoms. The topological polar surface area (TPSA) is 56.6 Å². The molecule has 8 heteroatoms. The molecule has 1 aliphatic rings. The van der Waals surface area contributed by atoms with E-state index in [0.29, 0.717) is 37.0 Å². The van der Waals surface area contributed by atoms with Crippen LogP contribution in [0.4, 0.5) is 0 Å². The van der Waals surface area contributed by atoms with Crippen molar-refractivity contribution < 1.29 is 14.3 Å².